The number of thioether (sulfide) groups is 2. The lowest BCUT2D eigenvalue weighted by molar-refractivity contribution is -0.178. The molecular formula is C6H12N2O4S2. The van der Waals surface area contributed by atoms with Crippen LogP contribution >= 0.6 is 23.5 Å². The second kappa shape index (κ2) is 8.82. The number of carbonyl (C=O) groups is 2. The maximum absolute atomic E-state index is 10.7. The number of hydrogen-bond acceptors (Lipinski definition) is 6. The highest BCUT2D eigenvalue weighted by Crippen LogP contribution is 1.90. The lowest BCUT2D eigenvalue weighted by Gasteiger charge is -2.04. The van der Waals surface area contributed by atoms with Gasteiger partial charge in [-0.15, -0.1) is 23.5 Å². The average molecular weight is 240 g/mol. The van der Waals surface area contributed by atoms with Crippen molar-refractivity contribution >= 4 is 35.7 Å². The van der Waals surface area contributed by atoms with Crippen LogP contribution in [0.25, 0.3) is 0 Å². The van der Waals surface area contributed by atoms with Crippen molar-refractivity contribution in [3.05, 3.63) is 0 Å². The zero-order valence-electron chi connectivity index (χ0n) is 7.86. The Kier molecular flexibility index (Phi) is 8.34. The highest BCUT2D eigenvalue weighted by molar-refractivity contribution is 7.98. The molecule has 0 aliphatic rings. The molecule has 0 aromatic carbocycles. The second-order valence-corrected chi connectivity index (χ2v) is 3.69. The molecule has 0 aromatic heterocycles. The maximum Gasteiger partial charge on any atom is 0.451 e. The Labute approximate surface area is 90.4 Å². The van der Waals surface area contributed by atoms with Gasteiger partial charge in [0.15, 0.2) is 0 Å². The largest absolute Gasteiger partial charge is 0.451 e. The smallest absolute Gasteiger partial charge is 0.309 e. The van der Waals surface area contributed by atoms with E-state index >= 15 is 0 Å². The maximum atomic E-state index is 10.7. The minimum absolute atomic E-state index is 0.397. The van der Waals surface area contributed by atoms with Crippen molar-refractivity contribution < 1.29 is 19.4 Å². The first-order valence-corrected chi connectivity index (χ1v) is 6.37. The van der Waals surface area contributed by atoms with Crippen LogP contribution in [-0.2, 0) is 9.78 Å². The van der Waals surface area contributed by atoms with Gasteiger partial charge in [-0.1, -0.05) is 0 Å². The van der Waals surface area contributed by atoms with Crippen LogP contribution in [0.5, 0.6) is 0 Å². The van der Waals surface area contributed by atoms with E-state index in [1.54, 1.807) is 0 Å². The van der Waals surface area contributed by atoms with Gasteiger partial charge >= 0.3 is 12.2 Å². The predicted octanol–water partition coefficient (Wildman–Crippen LogP) is 0.995. The molecule has 0 fully saturated rings. The van der Waals surface area contributed by atoms with Gasteiger partial charge < -0.3 is 10.6 Å². The Morgan fingerprint density at radius 3 is 1.64 bits per heavy atom. The molecule has 0 spiro atoms. The summed E-state index contributed by atoms with van der Waals surface area (Å²) in [6, 6.07) is 0. The van der Waals surface area contributed by atoms with Crippen LogP contribution in [0.3, 0.4) is 0 Å². The van der Waals surface area contributed by atoms with Gasteiger partial charge in [0, 0.05) is 0 Å². The molecule has 0 saturated heterocycles. The van der Waals surface area contributed by atoms with E-state index in [0.29, 0.717) is 11.8 Å². The zero-order chi connectivity index (χ0) is 10.8. The Bertz CT molecular complexity index is 171. The molecule has 14 heavy (non-hydrogen) atoms. The average Bonchev–Trinajstić information content (AvgIpc) is 2.20. The molecule has 0 rings (SSSR count). The number of hydrogen-bond donors (Lipinski definition) is 2. The van der Waals surface area contributed by atoms with Gasteiger partial charge in [-0.2, -0.15) is 0 Å². The van der Waals surface area contributed by atoms with E-state index in [0.717, 1.165) is 0 Å². The van der Waals surface area contributed by atoms with Gasteiger partial charge in [0.2, 0.25) is 0 Å². The third kappa shape index (κ3) is 7.87. The molecule has 2 N–H and O–H groups in total. The minimum atomic E-state index is -0.793. The fourth-order valence-electron chi connectivity index (χ4n) is 0.397. The quantitative estimate of drug-likeness (QED) is 0.433. The van der Waals surface area contributed by atoms with Crippen LogP contribution in [0.15, 0.2) is 0 Å². The van der Waals surface area contributed by atoms with Crippen molar-refractivity contribution in [3.63, 3.8) is 0 Å². The molecule has 2 amide bonds. The van der Waals surface area contributed by atoms with E-state index in [4.69, 9.17) is 0 Å². The molecule has 82 valence electrons. The van der Waals surface area contributed by atoms with Gasteiger partial charge in [0.25, 0.3) is 0 Å². The molecule has 0 aliphatic heterocycles. The van der Waals surface area contributed by atoms with Gasteiger partial charge in [0.1, 0.15) is 0 Å². The molecule has 0 aromatic rings. The van der Waals surface area contributed by atoms with E-state index in [1.165, 1.54) is 23.5 Å². The van der Waals surface area contributed by atoms with Gasteiger partial charge in [-0.05, 0) is 12.5 Å². The summed E-state index contributed by atoms with van der Waals surface area (Å²) in [5, 5.41) is 4.67. The molecule has 6 nitrogen and oxygen atoms in total. The topological polar surface area (TPSA) is 76.7 Å². The third-order valence-electron chi connectivity index (χ3n) is 0.915. The fourth-order valence-corrected chi connectivity index (χ4v) is 0.921. The lowest BCUT2D eigenvalue weighted by atomic mass is 11.1. The molecule has 0 atom stereocenters. The summed E-state index contributed by atoms with van der Waals surface area (Å²) >= 11 is 2.81. The normalized spacial score (nSPS) is 9.00. The zero-order valence-corrected chi connectivity index (χ0v) is 9.50. The van der Waals surface area contributed by atoms with E-state index < -0.39 is 12.2 Å². The molecule has 0 bridgehead atoms. The first-order valence-electron chi connectivity index (χ1n) is 3.58. The standard InChI is InChI=1S/C6H12N2O4S2/c1-13-3-7-5(9)11-12-6(10)8-4-14-2/h3-4H2,1-2H3,(H,7,9)(H,8,10). The molecule has 0 aliphatic carbocycles. The van der Waals surface area contributed by atoms with Crippen molar-refractivity contribution in [2.24, 2.45) is 0 Å². The molecule has 8 heteroatoms. The highest BCUT2D eigenvalue weighted by atomic mass is 32.2. The summed E-state index contributed by atoms with van der Waals surface area (Å²) in [5.41, 5.74) is 0. The minimum Gasteiger partial charge on any atom is -0.309 e. The monoisotopic (exact) mass is 240 g/mol. The molecule has 0 radical (unpaired) electrons. The first kappa shape index (κ1) is 13.2. The Morgan fingerprint density at radius 1 is 1.00 bits per heavy atom. The van der Waals surface area contributed by atoms with Crippen LogP contribution in [0.4, 0.5) is 9.59 Å². The fraction of sp³-hybridized carbons (Fsp3) is 0.667. The van der Waals surface area contributed by atoms with E-state index in [2.05, 4.69) is 20.4 Å². The number of carbonyl (C=O) groups excluding carboxylic acids is 2. The van der Waals surface area contributed by atoms with Crippen molar-refractivity contribution in [2.45, 2.75) is 0 Å². The van der Waals surface area contributed by atoms with Crippen molar-refractivity contribution in [1.29, 1.82) is 0 Å². The van der Waals surface area contributed by atoms with E-state index in [-0.39, 0.29) is 0 Å². The van der Waals surface area contributed by atoms with Gasteiger partial charge in [-0.3, -0.25) is 0 Å². The van der Waals surface area contributed by atoms with Crippen LogP contribution < -0.4 is 10.6 Å². The number of amides is 2. The van der Waals surface area contributed by atoms with Gasteiger partial charge in [0.05, 0.1) is 11.8 Å². The van der Waals surface area contributed by atoms with Crippen molar-refractivity contribution in [2.75, 3.05) is 24.3 Å². The molecule has 0 unspecified atom stereocenters. The molecule has 0 saturated carbocycles. The molecular weight excluding hydrogens is 228 g/mol. The van der Waals surface area contributed by atoms with Crippen molar-refractivity contribution in [1.82, 2.24) is 10.6 Å². The highest BCUT2D eigenvalue weighted by Gasteiger charge is 2.06. The van der Waals surface area contributed by atoms with Crippen molar-refractivity contribution in [3.8, 4) is 0 Å². The number of nitrogens with one attached hydrogen (secondary N) is 2. The van der Waals surface area contributed by atoms with E-state index in [9.17, 15) is 9.59 Å². The Balaban J connectivity index is 3.41. The van der Waals surface area contributed by atoms with Crippen LogP contribution in [0.1, 0.15) is 0 Å². The van der Waals surface area contributed by atoms with E-state index in [1.807, 2.05) is 12.5 Å². The second-order valence-electron chi connectivity index (χ2n) is 1.96. The summed E-state index contributed by atoms with van der Waals surface area (Å²) < 4.78 is 0. The van der Waals surface area contributed by atoms with Gasteiger partial charge in [-0.25, -0.2) is 19.4 Å². The summed E-state index contributed by atoms with van der Waals surface area (Å²) in [4.78, 5) is 29.7. The SMILES string of the molecule is CSCNC(=O)OOC(=O)NCSC. The Morgan fingerprint density at radius 2 is 1.36 bits per heavy atom. The Hall–Kier alpha value is -0.760. The third-order valence-corrected chi connectivity index (χ3v) is 1.78. The lowest BCUT2D eigenvalue weighted by Crippen LogP contribution is -2.29. The van der Waals surface area contributed by atoms with Crippen LogP contribution in [0.2, 0.25) is 0 Å². The molecule has 0 heterocycles. The first-order chi connectivity index (χ1) is 6.70. The predicted molar refractivity (Wildman–Crippen MR) is 56.0 cm³/mol. The summed E-state index contributed by atoms with van der Waals surface area (Å²) in [6.07, 6.45) is 2.04. The van der Waals surface area contributed by atoms with Crippen LogP contribution in [0, 0.1) is 0 Å². The summed E-state index contributed by atoms with van der Waals surface area (Å²) in [5.74, 6) is 0.795. The number of rotatable bonds is 4. The van der Waals surface area contributed by atoms with Crippen LogP contribution in [-0.4, -0.2) is 36.5 Å². The summed E-state index contributed by atoms with van der Waals surface area (Å²) in [7, 11) is 0. The summed E-state index contributed by atoms with van der Waals surface area (Å²) in [6.45, 7) is 0.